The van der Waals surface area contributed by atoms with Gasteiger partial charge < -0.3 is 14.6 Å². The van der Waals surface area contributed by atoms with E-state index in [1.165, 1.54) is 5.56 Å². The van der Waals surface area contributed by atoms with Crippen molar-refractivity contribution in [3.8, 4) is 0 Å². The second kappa shape index (κ2) is 9.55. The van der Waals surface area contributed by atoms with Gasteiger partial charge in [-0.15, -0.1) is 0 Å². The fraction of sp³-hybridized carbons (Fsp3) is 0.423. The molecule has 0 bridgehead atoms. The number of rotatable bonds is 6. The predicted molar refractivity (Wildman–Crippen MR) is 125 cm³/mol. The van der Waals surface area contributed by atoms with Gasteiger partial charge in [0.15, 0.2) is 0 Å². The molecule has 6 nitrogen and oxygen atoms in total. The van der Waals surface area contributed by atoms with Crippen LogP contribution in [-0.4, -0.2) is 44.7 Å². The molecule has 168 valence electrons. The van der Waals surface area contributed by atoms with Crippen LogP contribution in [0.3, 0.4) is 0 Å². The normalized spacial score (nSPS) is 17.2. The number of nitrogens with zero attached hydrogens (tertiary/aromatic N) is 3. The van der Waals surface area contributed by atoms with Crippen LogP contribution < -0.4 is 5.32 Å². The van der Waals surface area contributed by atoms with Crippen LogP contribution in [-0.2, 0) is 22.4 Å². The summed E-state index contributed by atoms with van der Waals surface area (Å²) in [6, 6.07) is 13.8. The smallest absolute Gasteiger partial charge is 0.247 e. The van der Waals surface area contributed by atoms with Gasteiger partial charge >= 0.3 is 0 Å². The summed E-state index contributed by atoms with van der Waals surface area (Å²) < 4.78 is 2.06. The van der Waals surface area contributed by atoms with Crippen LogP contribution in [0.4, 0.5) is 0 Å². The largest absolute Gasteiger partial charge is 0.342 e. The molecule has 1 aromatic carbocycles. The summed E-state index contributed by atoms with van der Waals surface area (Å²) >= 11 is 0. The van der Waals surface area contributed by atoms with Crippen LogP contribution in [0.5, 0.6) is 0 Å². The Hall–Kier alpha value is -3.15. The molecule has 1 N–H and O–H groups in total. The first-order valence-corrected chi connectivity index (χ1v) is 11.5. The lowest BCUT2D eigenvalue weighted by atomic mass is 9.93. The highest BCUT2D eigenvalue weighted by Crippen LogP contribution is 2.25. The van der Waals surface area contributed by atoms with E-state index in [1.807, 2.05) is 53.8 Å². The van der Waals surface area contributed by atoms with Crippen LogP contribution in [0.25, 0.3) is 5.65 Å². The van der Waals surface area contributed by atoms with Crippen molar-refractivity contribution in [1.29, 1.82) is 0 Å². The third-order valence-electron chi connectivity index (χ3n) is 6.34. The number of aromatic nitrogens is 2. The van der Waals surface area contributed by atoms with Crippen LogP contribution in [0.15, 0.2) is 61.1 Å². The first-order chi connectivity index (χ1) is 15.4. The van der Waals surface area contributed by atoms with Crippen molar-refractivity contribution in [3.63, 3.8) is 0 Å². The predicted octanol–water partition coefficient (Wildman–Crippen LogP) is 3.64. The zero-order valence-corrected chi connectivity index (χ0v) is 19.0. The zero-order chi connectivity index (χ0) is 22.6. The number of pyridine rings is 1. The summed E-state index contributed by atoms with van der Waals surface area (Å²) in [5.41, 5.74) is 2.30. The van der Waals surface area contributed by atoms with E-state index in [0.717, 1.165) is 50.0 Å². The van der Waals surface area contributed by atoms with Crippen molar-refractivity contribution in [3.05, 3.63) is 72.2 Å². The van der Waals surface area contributed by atoms with E-state index in [0.29, 0.717) is 5.92 Å². The van der Waals surface area contributed by atoms with E-state index in [2.05, 4.69) is 26.8 Å². The van der Waals surface area contributed by atoms with E-state index in [-0.39, 0.29) is 18.2 Å². The Bertz CT molecular complexity index is 1070. The number of nitrogens with one attached hydrogen (secondary N) is 1. The summed E-state index contributed by atoms with van der Waals surface area (Å²) in [7, 11) is 0. The number of hydrogen-bond acceptors (Lipinski definition) is 3. The molecule has 0 aliphatic carbocycles. The molecule has 1 fully saturated rings. The second-order valence-electron chi connectivity index (χ2n) is 9.32. The first kappa shape index (κ1) is 22.1. The van der Waals surface area contributed by atoms with E-state index >= 15 is 0 Å². The Morgan fingerprint density at radius 2 is 1.88 bits per heavy atom. The number of likely N-dealkylation sites (tertiary alicyclic amines) is 1. The topological polar surface area (TPSA) is 66.7 Å². The summed E-state index contributed by atoms with van der Waals surface area (Å²) in [5.74, 6) is 0.386. The summed E-state index contributed by atoms with van der Waals surface area (Å²) in [5, 5.41) is 2.95. The maximum atomic E-state index is 13.3. The fourth-order valence-corrected chi connectivity index (χ4v) is 4.67. The van der Waals surface area contributed by atoms with E-state index in [4.69, 9.17) is 0 Å². The van der Waals surface area contributed by atoms with Gasteiger partial charge in [0, 0.05) is 31.7 Å². The Kier molecular flexibility index (Phi) is 6.58. The number of carbonyl (C=O) groups excluding carboxylic acids is 2. The molecule has 32 heavy (non-hydrogen) atoms. The lowest BCUT2D eigenvalue weighted by molar-refractivity contribution is -0.140. The first-order valence-electron chi connectivity index (χ1n) is 11.5. The van der Waals surface area contributed by atoms with Gasteiger partial charge in [-0.3, -0.25) is 9.59 Å². The fourth-order valence-electron chi connectivity index (χ4n) is 4.67. The minimum absolute atomic E-state index is 0.00470. The average Bonchev–Trinajstić information content (AvgIpc) is 3.14. The molecule has 4 rings (SSSR count). The Balaban J connectivity index is 1.34. The molecular weight excluding hydrogens is 400 g/mol. The van der Waals surface area contributed by atoms with E-state index in [9.17, 15) is 9.59 Å². The monoisotopic (exact) mass is 432 g/mol. The maximum Gasteiger partial charge on any atom is 0.247 e. The minimum Gasteiger partial charge on any atom is -0.342 e. The number of benzene rings is 1. The number of fused-ring (bicyclic) bond motifs is 1. The van der Waals surface area contributed by atoms with Gasteiger partial charge in [0.05, 0.1) is 6.42 Å². The zero-order valence-electron chi connectivity index (χ0n) is 19.0. The van der Waals surface area contributed by atoms with Gasteiger partial charge in [0.25, 0.3) is 0 Å². The van der Waals surface area contributed by atoms with Crippen LogP contribution >= 0.6 is 0 Å². The van der Waals surface area contributed by atoms with Gasteiger partial charge in [-0.2, -0.15) is 0 Å². The molecule has 0 saturated carbocycles. The molecule has 1 aliphatic heterocycles. The maximum absolute atomic E-state index is 13.3. The van der Waals surface area contributed by atoms with E-state index in [1.54, 1.807) is 13.8 Å². The molecule has 0 unspecified atom stereocenters. The van der Waals surface area contributed by atoms with E-state index < -0.39 is 5.54 Å². The SMILES string of the molecule is CC(C)(NC(=O)Cc1ccccc1)C(=O)N1CCC[C@H](Cc2cccn3ccnc23)CC1. The standard InChI is InChI=1S/C26H32N4O2/c1-26(2,28-23(31)19-20-8-4-3-5-9-20)25(32)30-15-6-10-21(12-16-30)18-22-11-7-14-29-17-13-27-24(22)29/h3-5,7-9,11,13-14,17,21H,6,10,12,15-16,18-19H2,1-2H3,(H,28,31)/t21-/m0/s1. The lowest BCUT2D eigenvalue weighted by Gasteiger charge is -2.32. The molecule has 1 aliphatic rings. The van der Waals surface area contributed by atoms with Crippen molar-refractivity contribution in [1.82, 2.24) is 19.6 Å². The van der Waals surface area contributed by atoms with Crippen LogP contribution in [0.1, 0.15) is 44.2 Å². The lowest BCUT2D eigenvalue weighted by Crippen LogP contribution is -2.56. The second-order valence-corrected chi connectivity index (χ2v) is 9.32. The highest BCUT2D eigenvalue weighted by Gasteiger charge is 2.34. The van der Waals surface area contributed by atoms with Crippen molar-refractivity contribution in [2.45, 2.75) is 51.5 Å². The third-order valence-corrected chi connectivity index (χ3v) is 6.34. The van der Waals surface area contributed by atoms with Crippen molar-refractivity contribution in [2.24, 2.45) is 5.92 Å². The Morgan fingerprint density at radius 1 is 1.06 bits per heavy atom. The molecule has 1 saturated heterocycles. The molecule has 0 radical (unpaired) electrons. The molecule has 3 heterocycles. The van der Waals surface area contributed by atoms with Gasteiger partial charge in [0.2, 0.25) is 11.8 Å². The number of imidazole rings is 1. The summed E-state index contributed by atoms with van der Waals surface area (Å²) in [4.78, 5) is 32.2. The minimum atomic E-state index is -0.923. The third kappa shape index (κ3) is 5.18. The molecule has 3 aromatic rings. The average molecular weight is 433 g/mol. The molecule has 0 spiro atoms. The molecule has 2 amide bonds. The van der Waals surface area contributed by atoms with Crippen LogP contribution in [0, 0.1) is 5.92 Å². The van der Waals surface area contributed by atoms with Crippen molar-refractivity contribution in [2.75, 3.05) is 13.1 Å². The highest BCUT2D eigenvalue weighted by molar-refractivity contribution is 5.91. The van der Waals surface area contributed by atoms with Gasteiger partial charge in [-0.05, 0) is 62.6 Å². The van der Waals surface area contributed by atoms with Crippen LogP contribution in [0.2, 0.25) is 0 Å². The molecule has 6 heteroatoms. The highest BCUT2D eigenvalue weighted by atomic mass is 16.2. The molecular formula is C26H32N4O2. The number of carbonyl (C=O) groups is 2. The van der Waals surface area contributed by atoms with Gasteiger partial charge in [-0.25, -0.2) is 4.98 Å². The number of hydrogen-bond donors (Lipinski definition) is 1. The van der Waals surface area contributed by atoms with Crippen molar-refractivity contribution >= 4 is 17.5 Å². The van der Waals surface area contributed by atoms with Gasteiger partial charge in [0.1, 0.15) is 11.2 Å². The summed E-state index contributed by atoms with van der Waals surface area (Å²) in [6.07, 6.45) is 10.1. The molecule has 1 atom stereocenters. The Morgan fingerprint density at radius 3 is 2.69 bits per heavy atom. The molecule has 2 aromatic heterocycles. The number of amides is 2. The summed E-state index contributed by atoms with van der Waals surface area (Å²) in [6.45, 7) is 5.07. The van der Waals surface area contributed by atoms with Gasteiger partial charge in [-0.1, -0.05) is 36.4 Å². The van der Waals surface area contributed by atoms with Crippen molar-refractivity contribution < 1.29 is 9.59 Å². The Labute approximate surface area is 189 Å². The quantitative estimate of drug-likeness (QED) is 0.647.